The minimum absolute atomic E-state index is 0. The van der Waals surface area contributed by atoms with Crippen molar-refractivity contribution in [3.05, 3.63) is 0 Å². The molecule has 0 bridgehead atoms. The summed E-state index contributed by atoms with van der Waals surface area (Å²) in [5.74, 6) is 0. The lowest BCUT2D eigenvalue weighted by Crippen LogP contribution is -3.00. The maximum absolute atomic E-state index is 9.18. The third-order valence-electron chi connectivity index (χ3n) is 1.31. The molecule has 0 saturated carbocycles. The molecule has 3 heteroatoms. The summed E-state index contributed by atoms with van der Waals surface area (Å²) < 4.78 is 0.111. The fraction of sp³-hybridized carbons (Fsp3) is 1.00. The average molecular weight is 168 g/mol. The summed E-state index contributed by atoms with van der Waals surface area (Å²) in [4.78, 5) is 0. The van der Waals surface area contributed by atoms with Crippen molar-refractivity contribution in [2.24, 2.45) is 0 Å². The van der Waals surface area contributed by atoms with Crippen LogP contribution in [0, 0.1) is 0 Å². The summed E-state index contributed by atoms with van der Waals surface area (Å²) in [6.45, 7) is 3.03. The van der Waals surface area contributed by atoms with E-state index in [4.69, 9.17) is 0 Å². The number of unbranched alkanes of at least 4 members (excludes halogenated alkanes) is 2. The van der Waals surface area contributed by atoms with E-state index >= 15 is 0 Å². The molecule has 0 aliphatic carbocycles. The second-order valence-corrected chi connectivity index (χ2v) is 3.05. The molecule has 0 heterocycles. The van der Waals surface area contributed by atoms with Crippen LogP contribution in [-0.4, -0.2) is 30.5 Å². The van der Waals surface area contributed by atoms with Crippen molar-refractivity contribution in [3.63, 3.8) is 0 Å². The van der Waals surface area contributed by atoms with E-state index in [-0.39, 0.29) is 17.1 Å². The topological polar surface area (TPSA) is 20.2 Å². The molecule has 0 unspecified atom stereocenters. The Morgan fingerprint density at radius 1 is 1.20 bits per heavy atom. The molecular weight excluding hydrogens is 150 g/mol. The van der Waals surface area contributed by atoms with Crippen LogP contribution in [0.5, 0.6) is 0 Å². The monoisotopic (exact) mass is 167 g/mol. The molecule has 0 spiro atoms. The Bertz CT molecular complexity index is 70.5. The maximum Gasteiger partial charge on any atom is 0.108 e. The van der Waals surface area contributed by atoms with Gasteiger partial charge in [0.15, 0.2) is 0 Å². The van der Waals surface area contributed by atoms with Crippen LogP contribution >= 0.6 is 0 Å². The van der Waals surface area contributed by atoms with Gasteiger partial charge in [-0.15, -0.1) is 0 Å². The molecule has 0 aliphatic heterocycles. The number of rotatable bonds is 4. The SMILES string of the molecule is CCCCC[N+](C)(C)O.[Cl-]. The fourth-order valence-electron chi connectivity index (χ4n) is 0.749. The van der Waals surface area contributed by atoms with Crippen LogP contribution in [0.15, 0.2) is 0 Å². The highest BCUT2D eigenvalue weighted by Crippen LogP contribution is 1.98. The first-order valence-electron chi connectivity index (χ1n) is 3.62. The van der Waals surface area contributed by atoms with Crippen LogP contribution in [0.25, 0.3) is 0 Å². The second kappa shape index (κ2) is 5.96. The molecule has 0 aliphatic rings. The van der Waals surface area contributed by atoms with E-state index in [1.54, 1.807) is 14.1 Å². The van der Waals surface area contributed by atoms with Gasteiger partial charge in [0, 0.05) is 0 Å². The third-order valence-corrected chi connectivity index (χ3v) is 1.31. The van der Waals surface area contributed by atoms with Crippen LogP contribution in [0.3, 0.4) is 0 Å². The van der Waals surface area contributed by atoms with Gasteiger partial charge in [0.2, 0.25) is 0 Å². The van der Waals surface area contributed by atoms with Gasteiger partial charge in [0.1, 0.15) is 6.54 Å². The van der Waals surface area contributed by atoms with Gasteiger partial charge in [-0.1, -0.05) is 13.3 Å². The van der Waals surface area contributed by atoms with E-state index in [0.717, 1.165) is 13.0 Å². The van der Waals surface area contributed by atoms with E-state index in [1.165, 1.54) is 12.8 Å². The second-order valence-electron chi connectivity index (χ2n) is 3.05. The van der Waals surface area contributed by atoms with Gasteiger partial charge in [0.25, 0.3) is 0 Å². The third kappa shape index (κ3) is 11.1. The summed E-state index contributed by atoms with van der Waals surface area (Å²) in [6.07, 6.45) is 3.57. The zero-order valence-electron chi connectivity index (χ0n) is 7.10. The smallest absolute Gasteiger partial charge is 0.108 e. The largest absolute Gasteiger partial charge is 1.00 e. The zero-order chi connectivity index (χ0) is 7.33. The molecule has 0 radical (unpaired) electrons. The molecule has 0 fully saturated rings. The predicted octanol–water partition coefficient (Wildman–Crippen LogP) is -1.35. The normalized spacial score (nSPS) is 10.8. The molecule has 2 nitrogen and oxygen atoms in total. The first kappa shape index (κ1) is 12.8. The Labute approximate surface area is 69.8 Å². The van der Waals surface area contributed by atoms with Crippen molar-refractivity contribution in [3.8, 4) is 0 Å². The van der Waals surface area contributed by atoms with Crippen molar-refractivity contribution >= 4 is 0 Å². The molecule has 0 aromatic heterocycles. The maximum atomic E-state index is 9.18. The van der Waals surface area contributed by atoms with E-state index in [1.807, 2.05) is 0 Å². The van der Waals surface area contributed by atoms with E-state index < -0.39 is 0 Å². The number of hydroxylamine groups is 3. The Balaban J connectivity index is 0. The van der Waals surface area contributed by atoms with E-state index in [9.17, 15) is 5.21 Å². The van der Waals surface area contributed by atoms with Crippen molar-refractivity contribution in [1.82, 2.24) is 0 Å². The fourth-order valence-corrected chi connectivity index (χ4v) is 0.749. The Kier molecular flexibility index (Phi) is 7.65. The number of hydrogen-bond donors (Lipinski definition) is 1. The first-order valence-corrected chi connectivity index (χ1v) is 3.62. The van der Waals surface area contributed by atoms with Crippen LogP contribution in [0.4, 0.5) is 0 Å². The van der Waals surface area contributed by atoms with Crippen LogP contribution in [-0.2, 0) is 0 Å². The van der Waals surface area contributed by atoms with Crippen LogP contribution < -0.4 is 12.4 Å². The van der Waals surface area contributed by atoms with Gasteiger partial charge >= 0.3 is 0 Å². The molecule has 0 atom stereocenters. The first-order chi connectivity index (χ1) is 4.06. The van der Waals surface area contributed by atoms with Gasteiger partial charge in [-0.2, -0.15) is 4.65 Å². The van der Waals surface area contributed by atoms with Gasteiger partial charge in [-0.25, -0.2) is 5.21 Å². The molecule has 0 aromatic rings. The minimum Gasteiger partial charge on any atom is -1.00 e. The number of quaternary nitrogens is 1. The summed E-state index contributed by atoms with van der Waals surface area (Å²) in [5.41, 5.74) is 0. The molecule has 1 N–H and O–H groups in total. The van der Waals surface area contributed by atoms with Gasteiger partial charge in [-0.3, -0.25) is 0 Å². The van der Waals surface area contributed by atoms with Crippen molar-refractivity contribution < 1.29 is 22.3 Å². The molecule has 0 amide bonds. The van der Waals surface area contributed by atoms with Crippen molar-refractivity contribution in [2.75, 3.05) is 20.6 Å². The molecule has 0 aromatic carbocycles. The Hall–Kier alpha value is 0.210. The van der Waals surface area contributed by atoms with Crippen molar-refractivity contribution in [1.29, 1.82) is 0 Å². The number of hydrogen-bond acceptors (Lipinski definition) is 1. The number of halogens is 1. The summed E-state index contributed by atoms with van der Waals surface area (Å²) >= 11 is 0. The van der Waals surface area contributed by atoms with Gasteiger partial charge < -0.3 is 12.4 Å². The van der Waals surface area contributed by atoms with Crippen molar-refractivity contribution in [2.45, 2.75) is 26.2 Å². The predicted molar refractivity (Wildman–Crippen MR) is 38.3 cm³/mol. The van der Waals surface area contributed by atoms with E-state index in [0.29, 0.717) is 0 Å². The lowest BCUT2D eigenvalue weighted by Gasteiger charge is -2.18. The highest BCUT2D eigenvalue weighted by Gasteiger charge is 2.07. The molecule has 64 valence electrons. The minimum atomic E-state index is 0. The lowest BCUT2D eigenvalue weighted by atomic mass is 10.2. The standard InChI is InChI=1S/C7H18NO.ClH/c1-4-5-6-7-8(2,3)9;/h9H,4-7H2,1-3H3;1H/q+1;/p-1. The highest BCUT2D eigenvalue weighted by atomic mass is 35.5. The van der Waals surface area contributed by atoms with Gasteiger partial charge in [-0.05, 0) is 12.8 Å². The Morgan fingerprint density at radius 3 is 2.00 bits per heavy atom. The average Bonchev–Trinajstić information content (AvgIpc) is 1.63. The molecule has 10 heavy (non-hydrogen) atoms. The quantitative estimate of drug-likeness (QED) is 0.312. The lowest BCUT2D eigenvalue weighted by molar-refractivity contribution is -1.07. The Morgan fingerprint density at radius 2 is 1.70 bits per heavy atom. The summed E-state index contributed by atoms with van der Waals surface area (Å²) in [7, 11) is 3.60. The van der Waals surface area contributed by atoms with E-state index in [2.05, 4.69) is 6.92 Å². The van der Waals surface area contributed by atoms with Crippen LogP contribution in [0.1, 0.15) is 26.2 Å². The summed E-state index contributed by atoms with van der Waals surface area (Å²) in [5, 5.41) is 9.18. The summed E-state index contributed by atoms with van der Waals surface area (Å²) in [6, 6.07) is 0. The molecule has 0 saturated heterocycles. The van der Waals surface area contributed by atoms with Crippen LogP contribution in [0.2, 0.25) is 0 Å². The highest BCUT2D eigenvalue weighted by molar-refractivity contribution is 4.33. The van der Waals surface area contributed by atoms with Gasteiger partial charge in [0.05, 0.1) is 14.1 Å². The molecular formula is C7H18ClNO. The molecule has 0 rings (SSSR count). The number of nitrogens with zero attached hydrogens (tertiary/aromatic N) is 1. The zero-order valence-corrected chi connectivity index (χ0v) is 7.86.